The number of nitrogens with one attached hydrogen (secondary N) is 1. The molecule has 0 bridgehead atoms. The largest absolute Gasteiger partial charge is 0.322 e. The highest BCUT2D eigenvalue weighted by Crippen LogP contribution is 2.27. The Morgan fingerprint density at radius 3 is 2.22 bits per heavy atom. The molecule has 1 N–H and O–H groups in total. The lowest BCUT2D eigenvalue weighted by Gasteiger charge is -2.34. The van der Waals surface area contributed by atoms with Crippen LogP contribution in [-0.2, 0) is 10.0 Å². The van der Waals surface area contributed by atoms with Crippen molar-refractivity contribution in [3.8, 4) is 0 Å². The maximum atomic E-state index is 13.7. The molecule has 144 valence electrons. The van der Waals surface area contributed by atoms with E-state index in [1.54, 1.807) is 6.07 Å². The molecule has 0 aromatic heterocycles. The first-order chi connectivity index (χ1) is 12.8. The molecular formula is C20H23FN2O3S. The minimum atomic E-state index is -3.57. The van der Waals surface area contributed by atoms with Crippen molar-refractivity contribution in [1.29, 1.82) is 0 Å². The average Bonchev–Trinajstić information content (AvgIpc) is 2.61. The number of piperidine rings is 1. The number of sulfonamides is 1. The number of nitrogens with zero attached hydrogens (tertiary/aromatic N) is 1. The fourth-order valence-corrected chi connectivity index (χ4v) is 5.18. The van der Waals surface area contributed by atoms with Crippen molar-refractivity contribution >= 4 is 21.6 Å². The van der Waals surface area contributed by atoms with E-state index < -0.39 is 21.7 Å². The minimum absolute atomic E-state index is 0.0644. The summed E-state index contributed by atoms with van der Waals surface area (Å²) in [6.07, 6.45) is 1.02. The predicted octanol–water partition coefficient (Wildman–Crippen LogP) is 3.74. The first-order valence-electron chi connectivity index (χ1n) is 8.93. The number of rotatable bonds is 4. The van der Waals surface area contributed by atoms with Crippen LogP contribution < -0.4 is 5.32 Å². The summed E-state index contributed by atoms with van der Waals surface area (Å²) in [5.74, 6) is -0.546. The highest BCUT2D eigenvalue weighted by atomic mass is 32.2. The highest BCUT2D eigenvalue weighted by molar-refractivity contribution is 7.89. The molecule has 7 heteroatoms. The van der Waals surface area contributed by atoms with Crippen LogP contribution in [0.5, 0.6) is 0 Å². The lowest BCUT2D eigenvalue weighted by Crippen LogP contribution is -2.42. The van der Waals surface area contributed by atoms with E-state index in [1.807, 2.05) is 0 Å². The molecule has 1 aliphatic heterocycles. The van der Waals surface area contributed by atoms with Crippen molar-refractivity contribution in [2.24, 2.45) is 11.8 Å². The molecular weight excluding hydrogens is 367 g/mol. The molecule has 1 saturated heterocycles. The van der Waals surface area contributed by atoms with Gasteiger partial charge in [0.25, 0.3) is 5.91 Å². The van der Waals surface area contributed by atoms with Crippen LogP contribution in [-0.4, -0.2) is 31.7 Å². The van der Waals surface area contributed by atoms with E-state index in [0.29, 0.717) is 30.6 Å². The Balaban J connectivity index is 1.75. The van der Waals surface area contributed by atoms with Crippen molar-refractivity contribution in [2.45, 2.75) is 25.2 Å². The van der Waals surface area contributed by atoms with E-state index in [0.717, 1.165) is 6.42 Å². The number of anilines is 1. The third kappa shape index (κ3) is 4.36. The second-order valence-corrected chi connectivity index (χ2v) is 9.16. The Labute approximate surface area is 159 Å². The van der Waals surface area contributed by atoms with E-state index >= 15 is 0 Å². The Hall–Kier alpha value is -2.25. The van der Waals surface area contributed by atoms with Crippen LogP contribution in [0.25, 0.3) is 0 Å². The van der Waals surface area contributed by atoms with Gasteiger partial charge in [0.15, 0.2) is 0 Å². The van der Waals surface area contributed by atoms with Gasteiger partial charge in [-0.3, -0.25) is 4.79 Å². The third-order valence-electron chi connectivity index (χ3n) is 4.70. The van der Waals surface area contributed by atoms with Gasteiger partial charge in [0.1, 0.15) is 5.82 Å². The van der Waals surface area contributed by atoms with Gasteiger partial charge in [-0.25, -0.2) is 12.8 Å². The van der Waals surface area contributed by atoms with Crippen molar-refractivity contribution in [3.63, 3.8) is 0 Å². The topological polar surface area (TPSA) is 66.5 Å². The van der Waals surface area contributed by atoms with Crippen LogP contribution in [0.1, 0.15) is 30.6 Å². The number of benzene rings is 2. The monoisotopic (exact) mass is 390 g/mol. The van der Waals surface area contributed by atoms with Gasteiger partial charge in [0.2, 0.25) is 10.0 Å². The van der Waals surface area contributed by atoms with Gasteiger partial charge in [0, 0.05) is 18.8 Å². The normalized spacial score (nSPS) is 21.0. The number of halogens is 1. The second-order valence-electron chi connectivity index (χ2n) is 7.23. The van der Waals surface area contributed by atoms with Gasteiger partial charge in [-0.1, -0.05) is 26.0 Å². The van der Waals surface area contributed by atoms with Crippen LogP contribution in [0.4, 0.5) is 10.1 Å². The van der Waals surface area contributed by atoms with Gasteiger partial charge < -0.3 is 5.32 Å². The molecule has 0 spiro atoms. The fourth-order valence-electron chi connectivity index (χ4n) is 3.51. The number of hydrogen-bond acceptors (Lipinski definition) is 3. The Bertz CT molecular complexity index is 918. The van der Waals surface area contributed by atoms with Crippen molar-refractivity contribution in [1.82, 2.24) is 4.31 Å². The van der Waals surface area contributed by atoms with E-state index in [4.69, 9.17) is 0 Å². The number of carbonyl (C=O) groups excluding carboxylic acids is 1. The van der Waals surface area contributed by atoms with E-state index in [-0.39, 0.29) is 10.5 Å². The molecule has 27 heavy (non-hydrogen) atoms. The summed E-state index contributed by atoms with van der Waals surface area (Å²) in [5.41, 5.74) is 0.341. The predicted molar refractivity (Wildman–Crippen MR) is 102 cm³/mol. The molecule has 2 aromatic rings. The van der Waals surface area contributed by atoms with Crippen LogP contribution in [0.3, 0.4) is 0 Å². The molecule has 1 amide bonds. The zero-order chi connectivity index (χ0) is 19.6. The van der Waals surface area contributed by atoms with Crippen molar-refractivity contribution in [3.05, 3.63) is 59.9 Å². The second kappa shape index (κ2) is 7.78. The summed E-state index contributed by atoms with van der Waals surface area (Å²) in [7, 11) is -3.57. The quantitative estimate of drug-likeness (QED) is 0.865. The first-order valence-corrected chi connectivity index (χ1v) is 10.4. The standard InChI is InChI=1S/C20H23FN2O3S/c1-14-11-15(2)13-23(12-14)27(25,26)17-9-7-16(8-10-17)22-20(24)18-5-3-4-6-19(18)21/h3-10,14-15H,11-13H2,1-2H3,(H,22,24)/t14-,15-/m0/s1. The summed E-state index contributed by atoms with van der Waals surface area (Å²) < 4.78 is 40.9. The van der Waals surface area contributed by atoms with E-state index in [9.17, 15) is 17.6 Å². The zero-order valence-corrected chi connectivity index (χ0v) is 16.2. The van der Waals surface area contributed by atoms with Crippen molar-refractivity contribution in [2.75, 3.05) is 18.4 Å². The number of carbonyl (C=O) groups is 1. The molecule has 0 radical (unpaired) electrons. The number of amides is 1. The lowest BCUT2D eigenvalue weighted by atomic mass is 9.94. The molecule has 2 atom stereocenters. The molecule has 0 saturated carbocycles. The Morgan fingerprint density at radius 2 is 1.63 bits per heavy atom. The maximum absolute atomic E-state index is 13.7. The molecule has 0 unspecified atom stereocenters. The zero-order valence-electron chi connectivity index (χ0n) is 15.4. The highest BCUT2D eigenvalue weighted by Gasteiger charge is 2.31. The SMILES string of the molecule is C[C@H]1C[C@H](C)CN(S(=O)(=O)c2ccc(NC(=O)c3ccccc3F)cc2)C1. The van der Waals surface area contributed by atoms with Gasteiger partial charge in [-0.15, -0.1) is 0 Å². The third-order valence-corrected chi connectivity index (χ3v) is 6.55. The Kier molecular flexibility index (Phi) is 5.62. The minimum Gasteiger partial charge on any atom is -0.322 e. The lowest BCUT2D eigenvalue weighted by molar-refractivity contribution is 0.102. The summed E-state index contributed by atoms with van der Waals surface area (Å²) in [6.45, 7) is 5.13. The van der Waals surface area contributed by atoms with Crippen LogP contribution in [0.15, 0.2) is 53.4 Å². The maximum Gasteiger partial charge on any atom is 0.258 e. The summed E-state index contributed by atoms with van der Waals surface area (Å²) in [5, 5.41) is 2.58. The van der Waals surface area contributed by atoms with Crippen LogP contribution in [0, 0.1) is 17.7 Å². The fraction of sp³-hybridized carbons (Fsp3) is 0.350. The number of hydrogen-bond donors (Lipinski definition) is 1. The Morgan fingerprint density at radius 1 is 1.04 bits per heavy atom. The van der Waals surface area contributed by atoms with Gasteiger partial charge in [0.05, 0.1) is 10.5 Å². The smallest absolute Gasteiger partial charge is 0.258 e. The molecule has 0 aliphatic carbocycles. The summed E-state index contributed by atoms with van der Waals surface area (Å²) >= 11 is 0. The average molecular weight is 390 g/mol. The van der Waals surface area contributed by atoms with Gasteiger partial charge in [-0.2, -0.15) is 4.31 Å². The molecule has 1 heterocycles. The molecule has 2 aromatic carbocycles. The first kappa shape index (κ1) is 19.5. The van der Waals surface area contributed by atoms with E-state index in [1.165, 1.54) is 46.8 Å². The van der Waals surface area contributed by atoms with Gasteiger partial charge >= 0.3 is 0 Å². The molecule has 5 nitrogen and oxygen atoms in total. The molecule has 1 fully saturated rings. The van der Waals surface area contributed by atoms with Crippen LogP contribution >= 0.6 is 0 Å². The van der Waals surface area contributed by atoms with Crippen molar-refractivity contribution < 1.29 is 17.6 Å². The summed E-state index contributed by atoms with van der Waals surface area (Å²) in [4.78, 5) is 12.3. The van der Waals surface area contributed by atoms with Gasteiger partial charge in [-0.05, 0) is 54.7 Å². The van der Waals surface area contributed by atoms with E-state index in [2.05, 4.69) is 19.2 Å². The molecule has 1 aliphatic rings. The molecule has 3 rings (SSSR count). The summed E-state index contributed by atoms with van der Waals surface area (Å²) in [6, 6.07) is 11.7. The van der Waals surface area contributed by atoms with Crippen LogP contribution in [0.2, 0.25) is 0 Å².